The van der Waals surface area contributed by atoms with E-state index in [1.807, 2.05) is 13.0 Å². The fourth-order valence-electron chi connectivity index (χ4n) is 2.49. The molecular formula is C15H18BrNO4. The summed E-state index contributed by atoms with van der Waals surface area (Å²) in [4.78, 5) is 24.8. The van der Waals surface area contributed by atoms with Crippen molar-refractivity contribution in [3.05, 3.63) is 27.2 Å². The van der Waals surface area contributed by atoms with Crippen molar-refractivity contribution in [3.63, 3.8) is 0 Å². The highest BCUT2D eigenvalue weighted by molar-refractivity contribution is 9.10. The number of aliphatic carboxylic acids is 1. The second kappa shape index (κ2) is 6.05. The van der Waals surface area contributed by atoms with Crippen LogP contribution in [-0.4, -0.2) is 29.0 Å². The quantitative estimate of drug-likeness (QED) is 0.901. The molecule has 1 aromatic carbocycles. The number of halogens is 1. The van der Waals surface area contributed by atoms with E-state index in [4.69, 9.17) is 9.84 Å². The summed E-state index contributed by atoms with van der Waals surface area (Å²) in [7, 11) is 1.61. The van der Waals surface area contributed by atoms with Crippen LogP contribution >= 0.6 is 15.9 Å². The van der Waals surface area contributed by atoms with E-state index in [0.29, 0.717) is 13.1 Å². The van der Waals surface area contributed by atoms with E-state index in [1.165, 1.54) is 0 Å². The van der Waals surface area contributed by atoms with Crippen molar-refractivity contribution in [2.45, 2.75) is 33.4 Å². The van der Waals surface area contributed by atoms with Crippen LogP contribution < -0.4 is 4.74 Å². The van der Waals surface area contributed by atoms with Crippen molar-refractivity contribution in [1.29, 1.82) is 0 Å². The number of hydrogen-bond donors (Lipinski definition) is 1. The minimum absolute atomic E-state index is 0.0249. The molecule has 21 heavy (non-hydrogen) atoms. The number of carbonyl (C=O) groups excluding carboxylic acids is 1. The molecule has 1 atom stereocenters. The van der Waals surface area contributed by atoms with Crippen LogP contribution in [0.4, 0.5) is 0 Å². The molecule has 1 heterocycles. The van der Waals surface area contributed by atoms with Crippen molar-refractivity contribution in [2.75, 3.05) is 7.11 Å². The molecule has 0 saturated heterocycles. The summed E-state index contributed by atoms with van der Waals surface area (Å²) in [6.45, 7) is 4.54. The minimum atomic E-state index is -0.945. The summed E-state index contributed by atoms with van der Waals surface area (Å²) < 4.78 is 6.18. The van der Waals surface area contributed by atoms with Crippen molar-refractivity contribution in [1.82, 2.24) is 4.90 Å². The summed E-state index contributed by atoms with van der Waals surface area (Å²) >= 11 is 3.52. The summed E-state index contributed by atoms with van der Waals surface area (Å²) in [5.74, 6) is -0.995. The van der Waals surface area contributed by atoms with Gasteiger partial charge in [-0.1, -0.05) is 6.92 Å². The SMILES string of the molecule is COc1cc(C)c2c(c1Br)CN(C(=O)C[C@H](C)C(=O)O)C2. The number of carboxylic acid groups (broad SMARTS) is 1. The van der Waals surface area contributed by atoms with E-state index in [-0.39, 0.29) is 12.3 Å². The fourth-order valence-corrected chi connectivity index (χ4v) is 3.13. The number of rotatable bonds is 4. The molecule has 0 unspecified atom stereocenters. The van der Waals surface area contributed by atoms with Gasteiger partial charge in [-0.05, 0) is 45.6 Å². The zero-order chi connectivity index (χ0) is 15.7. The Morgan fingerprint density at radius 1 is 1.43 bits per heavy atom. The average molecular weight is 356 g/mol. The van der Waals surface area contributed by atoms with Crippen LogP contribution in [-0.2, 0) is 22.7 Å². The number of carbonyl (C=O) groups is 2. The molecule has 6 heteroatoms. The average Bonchev–Trinajstić information content (AvgIpc) is 2.88. The molecule has 1 amide bonds. The van der Waals surface area contributed by atoms with Gasteiger partial charge in [-0.15, -0.1) is 0 Å². The van der Waals surface area contributed by atoms with Gasteiger partial charge in [-0.3, -0.25) is 9.59 Å². The van der Waals surface area contributed by atoms with Gasteiger partial charge in [-0.25, -0.2) is 0 Å². The Morgan fingerprint density at radius 3 is 2.62 bits per heavy atom. The molecule has 0 bridgehead atoms. The standard InChI is InChI=1S/C15H18BrNO4/c1-8-4-12(21-3)14(16)11-7-17(6-10(8)11)13(18)5-9(2)15(19)20/h4,9H,5-7H2,1-3H3,(H,19,20)/t9-/m0/s1. The van der Waals surface area contributed by atoms with Gasteiger partial charge in [0.1, 0.15) is 5.75 Å². The maximum atomic E-state index is 12.2. The predicted octanol–water partition coefficient (Wildman–Crippen LogP) is 2.72. The second-order valence-electron chi connectivity index (χ2n) is 5.36. The number of carboxylic acids is 1. The van der Waals surface area contributed by atoms with Gasteiger partial charge in [-0.2, -0.15) is 0 Å². The number of aryl methyl sites for hydroxylation is 1. The van der Waals surface area contributed by atoms with Crippen LogP contribution in [0.25, 0.3) is 0 Å². The van der Waals surface area contributed by atoms with Crippen LogP contribution in [0.3, 0.4) is 0 Å². The third-order valence-electron chi connectivity index (χ3n) is 3.84. The Kier molecular flexibility index (Phi) is 4.56. The third-order valence-corrected chi connectivity index (χ3v) is 4.71. The van der Waals surface area contributed by atoms with Crippen LogP contribution in [0, 0.1) is 12.8 Å². The first kappa shape index (κ1) is 15.8. The lowest BCUT2D eigenvalue weighted by Crippen LogP contribution is -2.28. The summed E-state index contributed by atoms with van der Waals surface area (Å²) in [5.41, 5.74) is 3.23. The summed E-state index contributed by atoms with van der Waals surface area (Å²) in [6.07, 6.45) is 0.0249. The summed E-state index contributed by atoms with van der Waals surface area (Å²) in [6, 6.07) is 1.94. The van der Waals surface area contributed by atoms with E-state index >= 15 is 0 Å². The highest BCUT2D eigenvalue weighted by Crippen LogP contribution is 2.38. The topological polar surface area (TPSA) is 66.8 Å². The van der Waals surface area contributed by atoms with Gasteiger partial charge in [0.15, 0.2) is 0 Å². The highest BCUT2D eigenvalue weighted by atomic mass is 79.9. The largest absolute Gasteiger partial charge is 0.496 e. The Hall–Kier alpha value is -1.56. The molecule has 1 aromatic rings. The molecular weight excluding hydrogens is 338 g/mol. The number of amides is 1. The van der Waals surface area contributed by atoms with E-state index in [9.17, 15) is 9.59 Å². The van der Waals surface area contributed by atoms with Gasteiger partial charge < -0.3 is 14.7 Å². The number of methoxy groups -OCH3 is 1. The molecule has 0 spiro atoms. The van der Waals surface area contributed by atoms with E-state index in [0.717, 1.165) is 26.9 Å². The smallest absolute Gasteiger partial charge is 0.306 e. The number of benzene rings is 1. The molecule has 1 aliphatic rings. The molecule has 0 saturated carbocycles. The lowest BCUT2D eigenvalue weighted by molar-refractivity contribution is -0.145. The van der Waals surface area contributed by atoms with Gasteiger partial charge in [0.05, 0.1) is 17.5 Å². The van der Waals surface area contributed by atoms with Gasteiger partial charge in [0, 0.05) is 19.5 Å². The normalized spacial score (nSPS) is 14.8. The molecule has 0 fully saturated rings. The predicted molar refractivity (Wildman–Crippen MR) is 81.1 cm³/mol. The maximum absolute atomic E-state index is 12.2. The fraction of sp³-hybridized carbons (Fsp3) is 0.467. The molecule has 5 nitrogen and oxygen atoms in total. The van der Waals surface area contributed by atoms with Gasteiger partial charge >= 0.3 is 5.97 Å². The van der Waals surface area contributed by atoms with E-state index in [1.54, 1.807) is 18.9 Å². The Labute approximate surface area is 132 Å². The maximum Gasteiger partial charge on any atom is 0.306 e. The van der Waals surface area contributed by atoms with Crippen LogP contribution in [0.15, 0.2) is 10.5 Å². The second-order valence-corrected chi connectivity index (χ2v) is 6.15. The van der Waals surface area contributed by atoms with Crippen molar-refractivity contribution >= 4 is 27.8 Å². The molecule has 2 rings (SSSR count). The molecule has 1 N–H and O–H groups in total. The number of hydrogen-bond acceptors (Lipinski definition) is 3. The lowest BCUT2D eigenvalue weighted by atomic mass is 10.0. The van der Waals surface area contributed by atoms with E-state index in [2.05, 4.69) is 15.9 Å². The molecule has 0 radical (unpaired) electrons. The monoisotopic (exact) mass is 355 g/mol. The molecule has 0 aromatic heterocycles. The first-order valence-electron chi connectivity index (χ1n) is 6.70. The van der Waals surface area contributed by atoms with Gasteiger partial charge in [0.2, 0.25) is 5.91 Å². The van der Waals surface area contributed by atoms with Gasteiger partial charge in [0.25, 0.3) is 0 Å². The van der Waals surface area contributed by atoms with Crippen molar-refractivity contribution in [2.24, 2.45) is 5.92 Å². The lowest BCUT2D eigenvalue weighted by Gasteiger charge is -2.16. The Balaban J connectivity index is 2.20. The van der Waals surface area contributed by atoms with Crippen molar-refractivity contribution < 1.29 is 19.4 Å². The molecule has 0 aliphatic carbocycles. The number of nitrogens with zero attached hydrogens (tertiary/aromatic N) is 1. The zero-order valence-electron chi connectivity index (χ0n) is 12.3. The Bertz CT molecular complexity index is 600. The number of fused-ring (bicyclic) bond motifs is 1. The Morgan fingerprint density at radius 2 is 2.05 bits per heavy atom. The van der Waals surface area contributed by atoms with E-state index < -0.39 is 11.9 Å². The first-order chi connectivity index (χ1) is 9.85. The van der Waals surface area contributed by atoms with Crippen LogP contribution in [0.1, 0.15) is 30.0 Å². The van der Waals surface area contributed by atoms with Crippen LogP contribution in [0.5, 0.6) is 5.75 Å². The van der Waals surface area contributed by atoms with Crippen molar-refractivity contribution in [3.8, 4) is 5.75 Å². The minimum Gasteiger partial charge on any atom is -0.496 e. The zero-order valence-corrected chi connectivity index (χ0v) is 13.9. The highest BCUT2D eigenvalue weighted by Gasteiger charge is 2.29. The summed E-state index contributed by atoms with van der Waals surface area (Å²) in [5, 5.41) is 8.91. The third kappa shape index (κ3) is 3.05. The molecule has 1 aliphatic heterocycles. The number of ether oxygens (including phenoxy) is 1. The van der Waals surface area contributed by atoms with Crippen LogP contribution in [0.2, 0.25) is 0 Å². The molecule has 114 valence electrons. The first-order valence-corrected chi connectivity index (χ1v) is 7.49.